The summed E-state index contributed by atoms with van der Waals surface area (Å²) in [6.45, 7) is 20.5. The summed E-state index contributed by atoms with van der Waals surface area (Å²) < 4.78 is 127. The quantitative estimate of drug-likeness (QED) is 0.0182. The van der Waals surface area contributed by atoms with E-state index in [0.29, 0.717) is 19.5 Å². The van der Waals surface area contributed by atoms with Crippen LogP contribution in [0, 0.1) is 5.92 Å². The number of hydrogen-bond donors (Lipinski definition) is 0. The fourth-order valence-corrected chi connectivity index (χ4v) is 25.3. The number of nitrogens with zero attached hydrogens (tertiary/aromatic N) is 2. The third-order valence-corrected chi connectivity index (χ3v) is 29.7. The number of benzene rings is 7. The van der Waals surface area contributed by atoms with Crippen molar-refractivity contribution in [1.82, 2.24) is 9.47 Å². The molecule has 6 aliphatic carbocycles. The van der Waals surface area contributed by atoms with Crippen LogP contribution >= 0.6 is 0 Å². The molecule has 10 heterocycles. The number of hydrogen-bond acceptors (Lipinski definition) is 34. The highest BCUT2D eigenvalue weighted by molar-refractivity contribution is 6.56. The summed E-state index contributed by atoms with van der Waals surface area (Å²) in [6, 6.07) is 14.5. The number of carbonyl (C=O) groups excluding carboxylic acids is 13. The summed E-state index contributed by atoms with van der Waals surface area (Å²) in [6.07, 6.45) is -10.8. The number of aromatic nitrogens is 1. The Labute approximate surface area is 776 Å². The first-order valence-corrected chi connectivity index (χ1v) is 46.6. The molecule has 8 aromatic carbocycles. The van der Waals surface area contributed by atoms with Crippen molar-refractivity contribution in [2.45, 2.75) is 320 Å². The number of pyridine rings is 1. The minimum Gasteiger partial charge on any atom is -0.463 e. The average Bonchev–Trinajstić information content (AvgIpc) is 1.47. The van der Waals surface area contributed by atoms with Gasteiger partial charge in [0.2, 0.25) is 11.6 Å². The summed E-state index contributed by atoms with van der Waals surface area (Å²) >= 11 is 0. The van der Waals surface area contributed by atoms with Crippen LogP contribution in [0.5, 0.6) is 0 Å². The number of ether oxygens (including phenoxy) is 20. The molecule has 12 fully saturated rings. The van der Waals surface area contributed by atoms with Crippen molar-refractivity contribution in [2.24, 2.45) is 5.92 Å². The molecule has 15 aliphatic rings. The third-order valence-electron chi connectivity index (χ3n) is 29.7. The fraction of sp³-hybridized carbons (Fsp3) is 0.590. The lowest BCUT2D eigenvalue weighted by Gasteiger charge is -2.67. The van der Waals surface area contributed by atoms with Gasteiger partial charge in [-0.15, -0.1) is 0 Å². The van der Waals surface area contributed by atoms with Gasteiger partial charge in [0.25, 0.3) is 0 Å². The minimum absolute atomic E-state index is 0.0137. The van der Waals surface area contributed by atoms with Crippen LogP contribution in [-0.4, -0.2) is 253 Å². The highest BCUT2D eigenvalue weighted by Crippen LogP contribution is 2.66. The van der Waals surface area contributed by atoms with Gasteiger partial charge in [0.15, 0.2) is 59.7 Å². The molecule has 24 rings (SSSR count). The van der Waals surface area contributed by atoms with Crippen molar-refractivity contribution in [3.05, 3.63) is 69.8 Å². The van der Waals surface area contributed by atoms with Crippen molar-refractivity contribution in [3.8, 4) is 0 Å². The second-order valence-corrected chi connectivity index (χ2v) is 38.3. The van der Waals surface area contributed by atoms with Gasteiger partial charge in [-0.3, -0.25) is 62.3 Å². The molecule has 9 aliphatic heterocycles. The summed E-state index contributed by atoms with van der Waals surface area (Å²) in [7, 11) is 3.69. The van der Waals surface area contributed by atoms with Gasteiger partial charge in [0.1, 0.15) is 67.6 Å². The van der Waals surface area contributed by atoms with Gasteiger partial charge in [-0.05, 0) is 172 Å². The van der Waals surface area contributed by atoms with Crippen molar-refractivity contribution < 1.29 is 157 Å². The van der Waals surface area contributed by atoms with Gasteiger partial charge in [0, 0.05) is 144 Å². The Morgan fingerprint density at radius 1 is 0.356 bits per heavy atom. The van der Waals surface area contributed by atoms with E-state index in [1.807, 2.05) is 32.8 Å². The molecular formula is C100H114N2O33. The van der Waals surface area contributed by atoms with E-state index in [0.717, 1.165) is 46.5 Å². The molecule has 135 heavy (non-hydrogen) atoms. The Morgan fingerprint density at radius 3 is 1.16 bits per heavy atom. The van der Waals surface area contributed by atoms with Gasteiger partial charge in [-0.2, -0.15) is 0 Å². The Balaban J connectivity index is 0.000000201. The van der Waals surface area contributed by atoms with E-state index >= 15 is 0 Å². The zero-order valence-corrected chi connectivity index (χ0v) is 79.1. The Kier molecular flexibility index (Phi) is 23.9. The largest absolute Gasteiger partial charge is 0.463 e. The summed E-state index contributed by atoms with van der Waals surface area (Å²) in [5.74, 6) is -15.8. The monoisotopic (exact) mass is 1870 g/mol. The van der Waals surface area contributed by atoms with E-state index in [4.69, 9.17) is 94.7 Å². The lowest BCUT2D eigenvalue weighted by atomic mass is 9.63. The van der Waals surface area contributed by atoms with E-state index in [9.17, 15) is 62.3 Å². The number of fused-ring (bicyclic) bond motifs is 12. The maximum atomic E-state index is 13.7. The zero-order chi connectivity index (χ0) is 96.5. The maximum absolute atomic E-state index is 13.7. The molecule has 0 spiro atoms. The van der Waals surface area contributed by atoms with Crippen LogP contribution in [0.25, 0.3) is 86.4 Å². The first-order chi connectivity index (χ1) is 64.1. The zero-order valence-electron chi connectivity index (χ0n) is 79.1. The lowest BCUT2D eigenvalue weighted by molar-refractivity contribution is -0.480. The van der Waals surface area contributed by atoms with Gasteiger partial charge < -0.3 is 104 Å². The van der Waals surface area contributed by atoms with E-state index in [1.54, 1.807) is 6.92 Å². The Hall–Kier alpha value is -11.0. The predicted molar refractivity (Wildman–Crippen MR) is 476 cm³/mol. The fourth-order valence-electron chi connectivity index (χ4n) is 25.3. The molecule has 0 radical (unpaired) electrons. The first kappa shape index (κ1) is 94.3. The van der Waals surface area contributed by atoms with Gasteiger partial charge in [-0.25, -0.2) is 0 Å². The molecule has 20 unspecified atom stereocenters. The van der Waals surface area contributed by atoms with Crippen molar-refractivity contribution in [1.29, 1.82) is 0 Å². The topological polar surface area (TPSA) is 415 Å². The molecule has 35 heteroatoms. The van der Waals surface area contributed by atoms with Crippen LogP contribution in [-0.2, 0) is 189 Å². The molecule has 10 bridgehead atoms. The number of esters is 13. The molecule has 722 valence electrons. The van der Waals surface area contributed by atoms with Crippen molar-refractivity contribution in [2.75, 3.05) is 53.7 Å². The second kappa shape index (κ2) is 34.3. The molecule has 9 aromatic rings. The number of likely N-dealkylation sites (N-methyl/N-ethyl adjacent to an activating group) is 1. The highest BCUT2D eigenvalue weighted by Gasteiger charge is 2.80. The van der Waals surface area contributed by atoms with Crippen LogP contribution in [0.2, 0.25) is 0 Å². The lowest BCUT2D eigenvalue weighted by Crippen LogP contribution is -2.83. The molecule has 1 aromatic heterocycles. The summed E-state index contributed by atoms with van der Waals surface area (Å²) in [5, 5.41) is 19.1. The second-order valence-electron chi connectivity index (χ2n) is 38.3. The molecule has 0 amide bonds. The van der Waals surface area contributed by atoms with Crippen LogP contribution in [0.15, 0.2) is 36.4 Å². The van der Waals surface area contributed by atoms with E-state index in [2.05, 4.69) is 41.0 Å². The smallest absolute Gasteiger partial charge is 0.303 e. The van der Waals surface area contributed by atoms with E-state index in [1.165, 1.54) is 189 Å². The van der Waals surface area contributed by atoms with Crippen LogP contribution in [0.4, 0.5) is 0 Å². The molecular weight excluding hydrogens is 1760 g/mol. The molecule has 8 saturated heterocycles. The van der Waals surface area contributed by atoms with Crippen molar-refractivity contribution >= 4 is 164 Å². The first-order valence-electron chi connectivity index (χ1n) is 46.6. The summed E-state index contributed by atoms with van der Waals surface area (Å²) in [5.41, 5.74) is 2.11. The van der Waals surface area contributed by atoms with Crippen LogP contribution in [0.1, 0.15) is 208 Å². The Morgan fingerprint density at radius 2 is 0.696 bits per heavy atom. The average molecular weight is 1870 g/mol. The van der Waals surface area contributed by atoms with Gasteiger partial charge >= 0.3 is 77.6 Å². The summed E-state index contributed by atoms with van der Waals surface area (Å²) in [4.78, 5) is 168. The third kappa shape index (κ3) is 14.9. The molecule has 0 N–H and O–H groups in total. The van der Waals surface area contributed by atoms with Gasteiger partial charge in [0.05, 0.1) is 23.6 Å². The van der Waals surface area contributed by atoms with Crippen molar-refractivity contribution in [3.63, 3.8) is 0 Å². The molecule has 20 atom stereocenters. The number of rotatable bonds is 29. The predicted octanol–water partition coefficient (Wildman–Crippen LogP) is 10.9. The number of aryl methyl sites for hydroxylation is 3. The van der Waals surface area contributed by atoms with Crippen LogP contribution in [0.3, 0.4) is 0 Å². The molecule has 35 nitrogen and oxygen atoms in total. The molecule has 4 saturated carbocycles. The van der Waals surface area contributed by atoms with E-state index < -0.39 is 216 Å². The maximum Gasteiger partial charge on any atom is 0.303 e. The standard InChI is InChI=1S/C65H59NO17.C33H49NO16.C2H6/c1-27(67)74-25-42-63(80-33(7)73)16-17-65(82-42,61(79-32(6)72)60(63)78-31(5)71)83-64-15-14-62(81-43(64)26-75-28(2)68,58(76-29(3)69)59(64)77-30(4)70)13-8-18-66-56-36-11-12-37-22-41-24-39-20-35-10-9-34-19-38-23-40(21-36)48-46(38)50-44(34)45(35)51-47(39)49(41)55(57(37)66)53(52(50)51)54(48)56;1-18-27(44-21(4)37)30(47-24(7)40)10-12-32(18,48-25(30)16-41-19(2)35)50-31-11-13-33(43-15-14-34(8)9,49-26(31)17-42-20(3)36)29(46-23(6)39)28(31)45-22(5)38;1-2/h9-10,19-22,42-43,58-61H,8,11-18,23-26H2,1-7H3;18,25-29H,10-17H2,1-9H3;1-2H3. The van der Waals surface area contributed by atoms with Crippen LogP contribution < -0.4 is 0 Å². The van der Waals surface area contributed by atoms with Gasteiger partial charge in [-0.1, -0.05) is 57.2 Å². The number of carbonyl (C=O) groups is 13. The SMILES string of the molecule is CC.CC(=O)OCC1OC2(CCCn3c4c5cc6c7c8c(cc9ccc%10cc%11c%12c%13c(cc(c3c%13c(c3c8c9c%10c%123)c74)CC5)C%11)C6)CCC1(OC13CCC(OC(C)=O)(C(COC(C)=O)O1)C(OC(C)=O)C3OC(C)=O)C(OC(C)=O)C2OC(C)=O.CC(=O)OCC1OC2(OC34CCC(OCCN(C)C)(OC3COC(C)=O)C(OC(C)=O)C4OC(C)=O)CCC1(OC(C)=O)C(OC(C)=O)C2C. The van der Waals surface area contributed by atoms with E-state index in [-0.39, 0.29) is 71.0 Å². The minimum atomic E-state index is -2.18. The highest BCUT2D eigenvalue weighted by atomic mass is 16.8. The normalized spacial score (nSPS) is 31.6. The Bertz CT molecular complexity index is 6220.